The molecule has 0 amide bonds. The number of carbonyl (C=O) groups is 1. The van der Waals surface area contributed by atoms with Gasteiger partial charge in [-0.25, -0.2) is 9.48 Å². The van der Waals surface area contributed by atoms with Crippen molar-refractivity contribution >= 4 is 22.8 Å². The molecule has 2 aliphatic rings. The van der Waals surface area contributed by atoms with Gasteiger partial charge in [0.2, 0.25) is 0 Å². The van der Waals surface area contributed by atoms with Crippen LogP contribution in [-0.4, -0.2) is 21.0 Å². The van der Waals surface area contributed by atoms with Gasteiger partial charge in [-0.2, -0.15) is 0 Å². The molecule has 5 nitrogen and oxygen atoms in total. The van der Waals surface area contributed by atoms with E-state index in [1.807, 2.05) is 72.8 Å². The highest BCUT2D eigenvalue weighted by Gasteiger charge is 2.29. The molecule has 6 rings (SSSR count). The Kier molecular flexibility index (Phi) is 4.60. The van der Waals surface area contributed by atoms with Crippen LogP contribution in [0.4, 0.5) is 0 Å². The van der Waals surface area contributed by atoms with Crippen molar-refractivity contribution in [1.29, 1.82) is 0 Å². The number of rotatable bonds is 2. The Balaban J connectivity index is 1.61. The van der Waals surface area contributed by atoms with Crippen molar-refractivity contribution in [3.05, 3.63) is 83.7 Å². The second-order valence-electron chi connectivity index (χ2n) is 8.59. The van der Waals surface area contributed by atoms with Gasteiger partial charge in [-0.05, 0) is 35.7 Å². The first-order valence-corrected chi connectivity index (χ1v) is 11.3. The second-order valence-corrected chi connectivity index (χ2v) is 8.59. The second kappa shape index (κ2) is 7.75. The summed E-state index contributed by atoms with van der Waals surface area (Å²) in [5, 5.41) is 11.1. The van der Waals surface area contributed by atoms with Gasteiger partial charge in [0.1, 0.15) is 11.5 Å². The molecule has 158 valence electrons. The van der Waals surface area contributed by atoms with E-state index < -0.39 is 0 Å². The summed E-state index contributed by atoms with van der Waals surface area (Å²) in [6, 6.07) is 22.0. The number of nitrogens with zero attached hydrogens (tertiary/aromatic N) is 3. The van der Waals surface area contributed by atoms with E-state index in [2.05, 4.69) is 10.3 Å². The Morgan fingerprint density at radius 2 is 1.59 bits per heavy atom. The van der Waals surface area contributed by atoms with Crippen molar-refractivity contribution in [2.45, 2.75) is 32.1 Å². The topological polar surface area (TPSA) is 57.0 Å². The summed E-state index contributed by atoms with van der Waals surface area (Å²) in [5.41, 5.74) is 3.83. The van der Waals surface area contributed by atoms with E-state index in [0.29, 0.717) is 11.3 Å². The third-order valence-corrected chi connectivity index (χ3v) is 6.56. The standard InChI is InChI=1S/C27H23N3O2/c31-27-22-15-20-13-7-8-14-21(20)16-23(22)30-24(17-25(32-27)18-9-3-1-4-10-18)26(28-29-30)19-11-5-2-6-12-19/h2,5-8,11-18H,1,3-4,9-10H2/b25-17-. The maximum absolute atomic E-state index is 13.3. The predicted molar refractivity (Wildman–Crippen MR) is 124 cm³/mol. The van der Waals surface area contributed by atoms with Crippen LogP contribution in [0.1, 0.15) is 48.2 Å². The average molecular weight is 422 g/mol. The molecule has 1 aromatic heterocycles. The molecule has 1 fully saturated rings. The molecular weight excluding hydrogens is 398 g/mol. The Morgan fingerprint density at radius 3 is 2.38 bits per heavy atom. The summed E-state index contributed by atoms with van der Waals surface area (Å²) in [6.07, 6.45) is 7.61. The van der Waals surface area contributed by atoms with E-state index in [-0.39, 0.29) is 11.9 Å². The maximum atomic E-state index is 13.3. The van der Waals surface area contributed by atoms with Crippen molar-refractivity contribution in [1.82, 2.24) is 15.0 Å². The van der Waals surface area contributed by atoms with Crippen LogP contribution < -0.4 is 0 Å². The summed E-state index contributed by atoms with van der Waals surface area (Å²) >= 11 is 0. The lowest BCUT2D eigenvalue weighted by atomic mass is 9.87. The number of fused-ring (bicyclic) bond motifs is 4. The zero-order valence-corrected chi connectivity index (χ0v) is 17.7. The molecule has 0 saturated heterocycles. The Labute approximate surface area is 186 Å². The normalized spacial score (nSPS) is 18.1. The van der Waals surface area contributed by atoms with Crippen molar-refractivity contribution in [3.63, 3.8) is 0 Å². The molecule has 2 heterocycles. The first kappa shape index (κ1) is 19.0. The SMILES string of the molecule is O=C1O/C(C2CCCCC2)=C\c2c(-c3ccccc3)nnn2-c2cc3ccccc3cc21. The van der Waals surface area contributed by atoms with E-state index in [1.54, 1.807) is 4.68 Å². The molecule has 32 heavy (non-hydrogen) atoms. The number of benzene rings is 3. The van der Waals surface area contributed by atoms with E-state index >= 15 is 0 Å². The van der Waals surface area contributed by atoms with Crippen LogP contribution in [0.15, 0.2) is 72.5 Å². The fraction of sp³-hybridized carbons (Fsp3) is 0.222. The van der Waals surface area contributed by atoms with Crippen LogP contribution in [0, 0.1) is 5.92 Å². The van der Waals surface area contributed by atoms with Crippen LogP contribution in [0.2, 0.25) is 0 Å². The van der Waals surface area contributed by atoms with Gasteiger partial charge in [-0.1, -0.05) is 79.1 Å². The Bertz CT molecular complexity index is 1350. The molecule has 0 radical (unpaired) electrons. The van der Waals surface area contributed by atoms with Gasteiger partial charge in [0.25, 0.3) is 0 Å². The van der Waals surface area contributed by atoms with E-state index in [1.165, 1.54) is 6.42 Å². The molecule has 3 aromatic carbocycles. The summed E-state index contributed by atoms with van der Waals surface area (Å²) in [5.74, 6) is 0.640. The zero-order chi connectivity index (χ0) is 21.5. The largest absolute Gasteiger partial charge is 0.427 e. The Morgan fingerprint density at radius 1 is 0.875 bits per heavy atom. The number of aromatic nitrogens is 3. The highest BCUT2D eigenvalue weighted by atomic mass is 16.5. The first-order chi connectivity index (χ1) is 15.8. The van der Waals surface area contributed by atoms with Crippen molar-refractivity contribution in [2.75, 3.05) is 0 Å². The van der Waals surface area contributed by atoms with Gasteiger partial charge >= 0.3 is 5.97 Å². The van der Waals surface area contributed by atoms with Crippen LogP contribution in [0.5, 0.6) is 0 Å². The number of cyclic esters (lactones) is 1. The van der Waals surface area contributed by atoms with Gasteiger partial charge in [0, 0.05) is 17.6 Å². The van der Waals surface area contributed by atoms with Crippen molar-refractivity contribution < 1.29 is 9.53 Å². The maximum Gasteiger partial charge on any atom is 0.345 e. The number of carbonyl (C=O) groups excluding carboxylic acids is 1. The lowest BCUT2D eigenvalue weighted by molar-refractivity contribution is 0.0578. The van der Waals surface area contributed by atoms with Gasteiger partial charge < -0.3 is 4.74 Å². The summed E-state index contributed by atoms with van der Waals surface area (Å²) in [4.78, 5) is 13.3. The minimum atomic E-state index is -0.329. The van der Waals surface area contributed by atoms with Crippen LogP contribution in [0.3, 0.4) is 0 Å². The minimum absolute atomic E-state index is 0.238. The zero-order valence-electron chi connectivity index (χ0n) is 17.7. The fourth-order valence-corrected chi connectivity index (χ4v) is 4.88. The molecule has 0 N–H and O–H groups in total. The molecule has 0 unspecified atom stereocenters. The molecule has 0 spiro atoms. The van der Waals surface area contributed by atoms with Crippen LogP contribution >= 0.6 is 0 Å². The Hall–Kier alpha value is -3.73. The number of esters is 1. The monoisotopic (exact) mass is 421 g/mol. The quantitative estimate of drug-likeness (QED) is 0.363. The third-order valence-electron chi connectivity index (χ3n) is 6.56. The number of hydrogen-bond acceptors (Lipinski definition) is 4. The minimum Gasteiger partial charge on any atom is -0.427 e. The van der Waals surface area contributed by atoms with Crippen molar-refractivity contribution in [3.8, 4) is 16.9 Å². The third kappa shape index (κ3) is 3.21. The summed E-state index contributed by atoms with van der Waals surface area (Å²) in [7, 11) is 0. The number of ether oxygens (including phenoxy) is 1. The lowest BCUT2D eigenvalue weighted by Gasteiger charge is -2.25. The molecular formula is C27H23N3O2. The average Bonchev–Trinajstić information content (AvgIpc) is 3.26. The molecule has 0 bridgehead atoms. The van der Waals surface area contributed by atoms with Crippen molar-refractivity contribution in [2.24, 2.45) is 5.92 Å². The van der Waals surface area contributed by atoms with Gasteiger partial charge in [0.05, 0.1) is 16.9 Å². The first-order valence-electron chi connectivity index (χ1n) is 11.3. The van der Waals surface area contributed by atoms with Gasteiger partial charge in [-0.15, -0.1) is 5.10 Å². The molecule has 0 atom stereocenters. The van der Waals surface area contributed by atoms with Crippen LogP contribution in [0.25, 0.3) is 33.8 Å². The highest BCUT2D eigenvalue weighted by molar-refractivity contribution is 6.01. The summed E-state index contributed by atoms with van der Waals surface area (Å²) in [6.45, 7) is 0. The molecule has 1 saturated carbocycles. The lowest BCUT2D eigenvalue weighted by Crippen LogP contribution is -2.19. The molecule has 1 aliphatic carbocycles. The number of hydrogen-bond donors (Lipinski definition) is 0. The smallest absolute Gasteiger partial charge is 0.345 e. The highest BCUT2D eigenvalue weighted by Crippen LogP contribution is 2.37. The number of allylic oxidation sites excluding steroid dienone is 1. The van der Waals surface area contributed by atoms with E-state index in [0.717, 1.165) is 59.2 Å². The van der Waals surface area contributed by atoms with Gasteiger partial charge in [0.15, 0.2) is 0 Å². The van der Waals surface area contributed by atoms with E-state index in [4.69, 9.17) is 4.74 Å². The molecule has 1 aliphatic heterocycles. The van der Waals surface area contributed by atoms with Gasteiger partial charge in [-0.3, -0.25) is 0 Å². The summed E-state index contributed by atoms with van der Waals surface area (Å²) < 4.78 is 7.88. The van der Waals surface area contributed by atoms with Crippen LogP contribution in [-0.2, 0) is 4.74 Å². The molecule has 4 aromatic rings. The predicted octanol–water partition coefficient (Wildman–Crippen LogP) is 6.18. The molecule has 5 heteroatoms. The van der Waals surface area contributed by atoms with E-state index in [9.17, 15) is 4.79 Å². The fourth-order valence-electron chi connectivity index (χ4n) is 4.88.